The molecule has 0 spiro atoms. The van der Waals surface area contributed by atoms with Crippen LogP contribution < -0.4 is 5.32 Å². The highest BCUT2D eigenvalue weighted by Gasteiger charge is 2.25. The molecule has 0 aliphatic carbocycles. The zero-order chi connectivity index (χ0) is 13.8. The van der Waals surface area contributed by atoms with E-state index in [-0.39, 0.29) is 0 Å². The predicted octanol–water partition coefficient (Wildman–Crippen LogP) is 1.67. The molecule has 0 saturated carbocycles. The normalized spacial score (nSPS) is 25.1. The van der Waals surface area contributed by atoms with E-state index in [0.29, 0.717) is 12.1 Å². The fourth-order valence-electron chi connectivity index (χ4n) is 2.96. The van der Waals surface area contributed by atoms with Crippen LogP contribution in [0, 0.1) is 5.92 Å². The number of aromatic nitrogens is 2. The molecule has 2 atom stereocenters. The summed E-state index contributed by atoms with van der Waals surface area (Å²) >= 11 is 0. The molecule has 0 radical (unpaired) electrons. The Morgan fingerprint density at radius 2 is 2.26 bits per heavy atom. The summed E-state index contributed by atoms with van der Waals surface area (Å²) in [5, 5.41) is 7.86. The highest BCUT2D eigenvalue weighted by atomic mass is 15.2. The van der Waals surface area contributed by atoms with Crippen molar-refractivity contribution in [2.75, 3.05) is 19.6 Å². The molecule has 0 amide bonds. The molecular formula is C15H28N4. The SMILES string of the molecule is CC(C)CC1CNC(C)CN1CCc1cnn(C)c1. The lowest BCUT2D eigenvalue weighted by molar-refractivity contribution is 0.120. The van der Waals surface area contributed by atoms with E-state index in [1.165, 1.54) is 12.0 Å². The van der Waals surface area contributed by atoms with Crippen LogP contribution in [0.2, 0.25) is 0 Å². The second kappa shape index (κ2) is 6.53. The Hall–Kier alpha value is -0.870. The topological polar surface area (TPSA) is 33.1 Å². The molecular weight excluding hydrogens is 236 g/mol. The van der Waals surface area contributed by atoms with Crippen molar-refractivity contribution in [3.63, 3.8) is 0 Å². The number of hydrogen-bond donors (Lipinski definition) is 1. The molecule has 1 fully saturated rings. The Labute approximate surface area is 117 Å². The molecule has 2 heterocycles. The van der Waals surface area contributed by atoms with Crippen molar-refractivity contribution in [1.29, 1.82) is 0 Å². The maximum absolute atomic E-state index is 4.25. The Morgan fingerprint density at radius 3 is 2.89 bits per heavy atom. The van der Waals surface area contributed by atoms with Gasteiger partial charge >= 0.3 is 0 Å². The lowest BCUT2D eigenvalue weighted by Gasteiger charge is -2.40. The molecule has 1 aromatic heterocycles. The minimum Gasteiger partial charge on any atom is -0.311 e. The van der Waals surface area contributed by atoms with Crippen LogP contribution in [0.1, 0.15) is 32.8 Å². The van der Waals surface area contributed by atoms with Crippen molar-refractivity contribution in [2.45, 2.75) is 45.7 Å². The lowest BCUT2D eigenvalue weighted by Crippen LogP contribution is -2.56. The Morgan fingerprint density at radius 1 is 1.47 bits per heavy atom. The van der Waals surface area contributed by atoms with E-state index in [4.69, 9.17) is 0 Å². The fraction of sp³-hybridized carbons (Fsp3) is 0.800. The van der Waals surface area contributed by atoms with Gasteiger partial charge in [-0.25, -0.2) is 0 Å². The van der Waals surface area contributed by atoms with Crippen molar-refractivity contribution in [2.24, 2.45) is 13.0 Å². The minimum absolute atomic E-state index is 0.609. The quantitative estimate of drug-likeness (QED) is 0.878. The van der Waals surface area contributed by atoms with Crippen molar-refractivity contribution in [3.8, 4) is 0 Å². The molecule has 2 unspecified atom stereocenters. The molecule has 4 heteroatoms. The summed E-state index contributed by atoms with van der Waals surface area (Å²) in [5.41, 5.74) is 1.34. The van der Waals surface area contributed by atoms with E-state index >= 15 is 0 Å². The smallest absolute Gasteiger partial charge is 0.0522 e. The molecule has 1 aliphatic heterocycles. The fourth-order valence-corrected chi connectivity index (χ4v) is 2.96. The van der Waals surface area contributed by atoms with Crippen LogP contribution in [0.15, 0.2) is 12.4 Å². The van der Waals surface area contributed by atoms with Gasteiger partial charge in [-0.2, -0.15) is 5.10 Å². The summed E-state index contributed by atoms with van der Waals surface area (Å²) in [4.78, 5) is 2.66. The zero-order valence-electron chi connectivity index (χ0n) is 12.8. The largest absolute Gasteiger partial charge is 0.311 e. The first-order chi connectivity index (χ1) is 9.04. The van der Waals surface area contributed by atoms with Crippen LogP contribution in [-0.2, 0) is 13.5 Å². The third kappa shape index (κ3) is 4.32. The van der Waals surface area contributed by atoms with Crippen LogP contribution in [0.4, 0.5) is 0 Å². The van der Waals surface area contributed by atoms with Crippen LogP contribution in [0.25, 0.3) is 0 Å². The Balaban J connectivity index is 1.90. The van der Waals surface area contributed by atoms with Gasteiger partial charge in [-0.1, -0.05) is 13.8 Å². The number of hydrogen-bond acceptors (Lipinski definition) is 3. The van der Waals surface area contributed by atoms with Gasteiger partial charge in [0, 0.05) is 45.0 Å². The first kappa shape index (κ1) is 14.5. The second-order valence-corrected chi connectivity index (χ2v) is 6.36. The number of nitrogens with zero attached hydrogens (tertiary/aromatic N) is 3. The number of rotatable bonds is 5. The summed E-state index contributed by atoms with van der Waals surface area (Å²) in [6.07, 6.45) is 6.51. The summed E-state index contributed by atoms with van der Waals surface area (Å²) in [5.74, 6) is 0.765. The van der Waals surface area contributed by atoms with E-state index < -0.39 is 0 Å². The summed E-state index contributed by atoms with van der Waals surface area (Å²) in [7, 11) is 1.98. The molecule has 1 saturated heterocycles. The summed E-state index contributed by atoms with van der Waals surface area (Å²) < 4.78 is 1.89. The molecule has 108 valence electrons. The van der Waals surface area contributed by atoms with Gasteiger partial charge < -0.3 is 5.32 Å². The van der Waals surface area contributed by atoms with Crippen LogP contribution in [0.5, 0.6) is 0 Å². The molecule has 1 aliphatic rings. The first-order valence-electron chi connectivity index (χ1n) is 7.49. The lowest BCUT2D eigenvalue weighted by atomic mass is 9.99. The first-order valence-corrected chi connectivity index (χ1v) is 7.49. The van der Waals surface area contributed by atoms with Gasteiger partial charge in [-0.15, -0.1) is 0 Å². The number of nitrogens with one attached hydrogen (secondary N) is 1. The highest BCUT2D eigenvalue weighted by molar-refractivity contribution is 5.04. The number of piperazine rings is 1. The van der Waals surface area contributed by atoms with Gasteiger partial charge in [0.2, 0.25) is 0 Å². The zero-order valence-corrected chi connectivity index (χ0v) is 12.8. The second-order valence-electron chi connectivity index (χ2n) is 6.36. The van der Waals surface area contributed by atoms with Gasteiger partial charge in [-0.05, 0) is 31.2 Å². The highest BCUT2D eigenvalue weighted by Crippen LogP contribution is 2.16. The van der Waals surface area contributed by atoms with Crippen LogP contribution >= 0.6 is 0 Å². The van der Waals surface area contributed by atoms with Gasteiger partial charge in [0.15, 0.2) is 0 Å². The summed E-state index contributed by atoms with van der Waals surface area (Å²) in [6, 6.07) is 1.30. The van der Waals surface area contributed by atoms with Gasteiger partial charge in [0.05, 0.1) is 6.20 Å². The average Bonchev–Trinajstić information content (AvgIpc) is 2.75. The molecule has 0 bridgehead atoms. The maximum Gasteiger partial charge on any atom is 0.0522 e. The summed E-state index contributed by atoms with van der Waals surface area (Å²) in [6.45, 7) is 10.4. The molecule has 4 nitrogen and oxygen atoms in total. The van der Waals surface area contributed by atoms with E-state index in [2.05, 4.69) is 42.3 Å². The van der Waals surface area contributed by atoms with E-state index in [0.717, 1.165) is 32.0 Å². The van der Waals surface area contributed by atoms with Gasteiger partial charge in [-0.3, -0.25) is 9.58 Å². The number of aryl methyl sites for hydroxylation is 1. The molecule has 1 N–H and O–H groups in total. The monoisotopic (exact) mass is 264 g/mol. The van der Waals surface area contributed by atoms with Gasteiger partial charge in [0.25, 0.3) is 0 Å². The van der Waals surface area contributed by atoms with Crippen LogP contribution in [0.3, 0.4) is 0 Å². The molecule has 1 aromatic rings. The third-order valence-electron chi connectivity index (χ3n) is 3.92. The minimum atomic E-state index is 0.609. The third-order valence-corrected chi connectivity index (χ3v) is 3.92. The van der Waals surface area contributed by atoms with E-state index in [1.807, 2.05) is 17.9 Å². The van der Waals surface area contributed by atoms with Gasteiger partial charge in [0.1, 0.15) is 0 Å². The molecule has 2 rings (SSSR count). The standard InChI is InChI=1S/C15H28N4/c1-12(2)7-15-9-16-13(3)10-19(15)6-5-14-8-17-18(4)11-14/h8,11-13,15-16H,5-7,9-10H2,1-4H3. The van der Waals surface area contributed by atoms with Crippen molar-refractivity contribution in [3.05, 3.63) is 18.0 Å². The molecule has 19 heavy (non-hydrogen) atoms. The Bertz CT molecular complexity index is 385. The van der Waals surface area contributed by atoms with E-state index in [9.17, 15) is 0 Å². The Kier molecular flexibility index (Phi) is 4.99. The van der Waals surface area contributed by atoms with Crippen molar-refractivity contribution < 1.29 is 0 Å². The van der Waals surface area contributed by atoms with Crippen molar-refractivity contribution >= 4 is 0 Å². The van der Waals surface area contributed by atoms with E-state index in [1.54, 1.807) is 0 Å². The van der Waals surface area contributed by atoms with Crippen molar-refractivity contribution in [1.82, 2.24) is 20.0 Å². The average molecular weight is 264 g/mol. The molecule has 0 aromatic carbocycles. The van der Waals surface area contributed by atoms with Crippen LogP contribution in [-0.4, -0.2) is 46.4 Å². The maximum atomic E-state index is 4.25. The predicted molar refractivity (Wildman–Crippen MR) is 79.2 cm³/mol.